The zero-order chi connectivity index (χ0) is 13.2. The van der Waals surface area contributed by atoms with Gasteiger partial charge in [0.1, 0.15) is 0 Å². The maximum atomic E-state index is 6.06. The van der Waals surface area contributed by atoms with Gasteiger partial charge in [0, 0.05) is 18.0 Å². The van der Waals surface area contributed by atoms with Gasteiger partial charge in [-0.2, -0.15) is 0 Å². The van der Waals surface area contributed by atoms with Gasteiger partial charge in [0.15, 0.2) is 0 Å². The molecular weight excluding hydrogens is 242 g/mol. The molecule has 0 N–H and O–H groups in total. The number of hydrogen-bond acceptors (Lipinski definition) is 1. The van der Waals surface area contributed by atoms with Crippen LogP contribution in [0.25, 0.3) is 0 Å². The zero-order valence-electron chi connectivity index (χ0n) is 11.7. The van der Waals surface area contributed by atoms with Crippen molar-refractivity contribution in [1.82, 2.24) is 4.90 Å². The van der Waals surface area contributed by atoms with E-state index in [1.54, 1.807) is 11.1 Å². The summed E-state index contributed by atoms with van der Waals surface area (Å²) < 4.78 is 0. The summed E-state index contributed by atoms with van der Waals surface area (Å²) in [5.74, 6) is 1.35. The zero-order valence-corrected chi connectivity index (χ0v) is 12.5. The SMILES string of the molecule is CN(CC1CCCc2ccccc21)C(C)(C)CCl. The maximum Gasteiger partial charge on any atom is 0.0402 e. The Kier molecular flexibility index (Phi) is 4.34. The summed E-state index contributed by atoms with van der Waals surface area (Å²) in [6.45, 7) is 5.54. The van der Waals surface area contributed by atoms with Gasteiger partial charge < -0.3 is 0 Å². The van der Waals surface area contributed by atoms with E-state index in [1.807, 2.05) is 0 Å². The lowest BCUT2D eigenvalue weighted by Crippen LogP contribution is -2.45. The third-order valence-electron chi connectivity index (χ3n) is 4.35. The van der Waals surface area contributed by atoms with Crippen molar-refractivity contribution in [3.05, 3.63) is 35.4 Å². The number of rotatable bonds is 4. The first-order chi connectivity index (χ1) is 8.54. The average Bonchev–Trinajstić information content (AvgIpc) is 2.39. The monoisotopic (exact) mass is 265 g/mol. The van der Waals surface area contributed by atoms with Gasteiger partial charge in [-0.3, -0.25) is 4.90 Å². The van der Waals surface area contributed by atoms with Crippen LogP contribution in [-0.2, 0) is 6.42 Å². The topological polar surface area (TPSA) is 3.24 Å². The first-order valence-electron chi connectivity index (χ1n) is 6.89. The third-order valence-corrected chi connectivity index (χ3v) is 5.00. The number of likely N-dealkylation sites (N-methyl/N-ethyl adjacent to an activating group) is 1. The van der Waals surface area contributed by atoms with Crippen LogP contribution in [0, 0.1) is 0 Å². The second-order valence-electron chi connectivity index (χ2n) is 6.11. The van der Waals surface area contributed by atoms with Crippen molar-refractivity contribution < 1.29 is 0 Å². The molecule has 0 heterocycles. The predicted molar refractivity (Wildman–Crippen MR) is 79.6 cm³/mol. The van der Waals surface area contributed by atoms with Crippen molar-refractivity contribution in [3.8, 4) is 0 Å². The second-order valence-corrected chi connectivity index (χ2v) is 6.38. The molecule has 0 bridgehead atoms. The fraction of sp³-hybridized carbons (Fsp3) is 0.625. The van der Waals surface area contributed by atoms with Gasteiger partial charge in [-0.15, -0.1) is 11.6 Å². The number of nitrogens with zero attached hydrogens (tertiary/aromatic N) is 1. The van der Waals surface area contributed by atoms with Crippen molar-refractivity contribution in [1.29, 1.82) is 0 Å². The molecule has 1 aliphatic carbocycles. The molecule has 2 rings (SSSR count). The molecule has 0 spiro atoms. The number of alkyl halides is 1. The molecule has 0 saturated heterocycles. The molecule has 0 saturated carbocycles. The number of fused-ring (bicyclic) bond motifs is 1. The Morgan fingerprint density at radius 3 is 2.78 bits per heavy atom. The minimum atomic E-state index is 0.0773. The van der Waals surface area contributed by atoms with Crippen LogP contribution in [0.15, 0.2) is 24.3 Å². The van der Waals surface area contributed by atoms with Gasteiger partial charge in [0.25, 0.3) is 0 Å². The summed E-state index contributed by atoms with van der Waals surface area (Å²) in [6.07, 6.45) is 3.87. The van der Waals surface area contributed by atoms with E-state index in [9.17, 15) is 0 Å². The Morgan fingerprint density at radius 1 is 1.33 bits per heavy atom. The highest BCUT2D eigenvalue weighted by Gasteiger charge is 2.27. The van der Waals surface area contributed by atoms with Crippen LogP contribution in [-0.4, -0.2) is 29.9 Å². The molecule has 2 heteroatoms. The fourth-order valence-electron chi connectivity index (χ4n) is 2.72. The largest absolute Gasteiger partial charge is 0.299 e. The quantitative estimate of drug-likeness (QED) is 0.743. The molecule has 1 unspecified atom stereocenters. The van der Waals surface area contributed by atoms with Crippen LogP contribution in [0.5, 0.6) is 0 Å². The highest BCUT2D eigenvalue weighted by molar-refractivity contribution is 6.18. The third kappa shape index (κ3) is 2.89. The van der Waals surface area contributed by atoms with E-state index >= 15 is 0 Å². The van der Waals surface area contributed by atoms with Crippen molar-refractivity contribution in [2.45, 2.75) is 44.6 Å². The normalized spacial score (nSPS) is 19.9. The average molecular weight is 266 g/mol. The molecule has 0 fully saturated rings. The number of halogens is 1. The van der Waals surface area contributed by atoms with Crippen molar-refractivity contribution in [2.24, 2.45) is 0 Å². The highest BCUT2D eigenvalue weighted by Crippen LogP contribution is 2.33. The van der Waals surface area contributed by atoms with Crippen molar-refractivity contribution >= 4 is 11.6 Å². The predicted octanol–water partition coefficient (Wildman–Crippen LogP) is 4.06. The number of hydrogen-bond donors (Lipinski definition) is 0. The van der Waals surface area contributed by atoms with Crippen LogP contribution in [0.2, 0.25) is 0 Å². The summed E-state index contributed by atoms with van der Waals surface area (Å²) in [6, 6.07) is 8.92. The Bertz CT molecular complexity index is 400. The van der Waals surface area contributed by atoms with E-state index < -0.39 is 0 Å². The number of benzene rings is 1. The van der Waals surface area contributed by atoms with Gasteiger partial charge in [-0.25, -0.2) is 0 Å². The van der Waals surface area contributed by atoms with Gasteiger partial charge in [-0.1, -0.05) is 24.3 Å². The van der Waals surface area contributed by atoms with Crippen LogP contribution in [0.3, 0.4) is 0 Å². The summed E-state index contributed by atoms with van der Waals surface area (Å²) in [5.41, 5.74) is 3.18. The van der Waals surface area contributed by atoms with Crippen molar-refractivity contribution in [2.75, 3.05) is 19.5 Å². The van der Waals surface area contributed by atoms with Crippen LogP contribution in [0.4, 0.5) is 0 Å². The first kappa shape index (κ1) is 13.9. The molecule has 1 atom stereocenters. The maximum absolute atomic E-state index is 6.06. The molecule has 0 aliphatic heterocycles. The molecule has 1 nitrogen and oxygen atoms in total. The minimum absolute atomic E-state index is 0.0773. The summed E-state index contributed by atoms with van der Waals surface area (Å²) >= 11 is 6.06. The minimum Gasteiger partial charge on any atom is -0.299 e. The molecule has 0 radical (unpaired) electrons. The van der Waals surface area contributed by atoms with Crippen LogP contribution < -0.4 is 0 Å². The van der Waals surface area contributed by atoms with E-state index in [0.717, 1.165) is 6.54 Å². The molecule has 0 aromatic heterocycles. The molecule has 1 aromatic carbocycles. The van der Waals surface area contributed by atoms with E-state index in [1.165, 1.54) is 19.3 Å². The second kappa shape index (κ2) is 5.63. The first-order valence-corrected chi connectivity index (χ1v) is 7.43. The lowest BCUT2D eigenvalue weighted by Gasteiger charge is -2.38. The van der Waals surface area contributed by atoms with E-state index in [0.29, 0.717) is 11.8 Å². The van der Waals surface area contributed by atoms with Gasteiger partial charge in [0.2, 0.25) is 0 Å². The number of aryl methyl sites for hydroxylation is 1. The standard InChI is InChI=1S/C16H24ClN/c1-16(2,12-17)18(3)11-14-9-6-8-13-7-4-5-10-15(13)14/h4-5,7,10,14H,6,8-9,11-12H2,1-3H3. The van der Waals surface area contributed by atoms with Crippen LogP contribution in [0.1, 0.15) is 43.7 Å². The lowest BCUT2D eigenvalue weighted by molar-refractivity contribution is 0.164. The Balaban J connectivity index is 2.12. The Labute approximate surface area is 116 Å². The molecule has 1 aliphatic rings. The summed E-state index contributed by atoms with van der Waals surface area (Å²) in [7, 11) is 2.19. The van der Waals surface area contributed by atoms with Gasteiger partial charge in [-0.05, 0) is 57.2 Å². The van der Waals surface area contributed by atoms with Crippen LogP contribution >= 0.6 is 11.6 Å². The summed E-state index contributed by atoms with van der Waals surface area (Å²) in [4.78, 5) is 2.41. The molecule has 100 valence electrons. The highest BCUT2D eigenvalue weighted by atomic mass is 35.5. The van der Waals surface area contributed by atoms with Gasteiger partial charge in [0.05, 0.1) is 0 Å². The molecular formula is C16H24ClN. The lowest BCUT2D eigenvalue weighted by atomic mass is 9.82. The summed E-state index contributed by atoms with van der Waals surface area (Å²) in [5, 5.41) is 0. The molecule has 18 heavy (non-hydrogen) atoms. The van der Waals surface area contributed by atoms with E-state index in [2.05, 4.69) is 50.1 Å². The molecule has 1 aromatic rings. The Morgan fingerprint density at radius 2 is 2.06 bits per heavy atom. The van der Waals surface area contributed by atoms with E-state index in [4.69, 9.17) is 11.6 Å². The Hall–Kier alpha value is -0.530. The molecule has 0 amide bonds. The van der Waals surface area contributed by atoms with Crippen molar-refractivity contribution in [3.63, 3.8) is 0 Å². The fourth-order valence-corrected chi connectivity index (χ4v) is 2.93. The smallest absolute Gasteiger partial charge is 0.0402 e. The van der Waals surface area contributed by atoms with E-state index in [-0.39, 0.29) is 5.54 Å². The van der Waals surface area contributed by atoms with Gasteiger partial charge >= 0.3 is 0 Å².